The monoisotopic (exact) mass is 381 g/mol. The predicted octanol–water partition coefficient (Wildman–Crippen LogP) is 2.84. The van der Waals surface area contributed by atoms with Crippen molar-refractivity contribution in [3.8, 4) is 0 Å². The minimum Gasteiger partial charge on any atom is -0.354 e. The number of aryl methyl sites for hydroxylation is 1. The molecule has 1 fully saturated rings. The summed E-state index contributed by atoms with van der Waals surface area (Å²) in [7, 11) is 0. The summed E-state index contributed by atoms with van der Waals surface area (Å²) in [6.45, 7) is 8.35. The van der Waals surface area contributed by atoms with Gasteiger partial charge in [-0.3, -0.25) is 9.59 Å². The summed E-state index contributed by atoms with van der Waals surface area (Å²) < 4.78 is 0. The summed E-state index contributed by atoms with van der Waals surface area (Å²) in [5, 5.41) is 6.25. The van der Waals surface area contributed by atoms with Crippen LogP contribution in [0.25, 0.3) is 0 Å². The van der Waals surface area contributed by atoms with Crippen LogP contribution in [0.5, 0.6) is 0 Å². The van der Waals surface area contributed by atoms with E-state index >= 15 is 0 Å². The Morgan fingerprint density at radius 2 is 1.92 bits per heavy atom. The third kappa shape index (κ3) is 6.61. The van der Waals surface area contributed by atoms with E-state index in [1.165, 1.54) is 11.1 Å². The first kappa shape index (κ1) is 22.5. The van der Waals surface area contributed by atoms with E-state index in [0.29, 0.717) is 19.3 Å². The van der Waals surface area contributed by atoms with Gasteiger partial charge >= 0.3 is 0 Å². The molecular weight excluding hydrogens is 350 g/mol. The maximum absolute atomic E-state index is 12.7. The van der Waals surface area contributed by atoms with Gasteiger partial charge in [0.25, 0.3) is 0 Å². The highest BCUT2D eigenvalue weighted by Gasteiger charge is 2.27. The number of hydrogen-bond acceptors (Lipinski definition) is 3. The molecule has 1 heterocycles. The first-order valence-electron chi connectivity index (χ1n) is 9.39. The summed E-state index contributed by atoms with van der Waals surface area (Å²) in [5.74, 6) is 0.165. The normalized spacial score (nSPS) is 16.9. The van der Waals surface area contributed by atoms with Gasteiger partial charge in [-0.25, -0.2) is 0 Å². The summed E-state index contributed by atoms with van der Waals surface area (Å²) in [6.07, 6.45) is 2.45. The molecule has 26 heavy (non-hydrogen) atoms. The molecule has 0 spiro atoms. The van der Waals surface area contributed by atoms with Crippen LogP contribution < -0.4 is 10.6 Å². The third-order valence-corrected chi connectivity index (χ3v) is 4.58. The molecule has 0 bridgehead atoms. The molecule has 1 unspecified atom stereocenters. The van der Waals surface area contributed by atoms with Crippen molar-refractivity contribution in [2.24, 2.45) is 0 Å². The first-order chi connectivity index (χ1) is 12.0. The van der Waals surface area contributed by atoms with Gasteiger partial charge in [0.15, 0.2) is 0 Å². The molecule has 1 aliphatic heterocycles. The zero-order valence-corrected chi connectivity index (χ0v) is 16.9. The van der Waals surface area contributed by atoms with E-state index in [4.69, 9.17) is 0 Å². The number of hydrogen-bond donors (Lipinski definition) is 2. The van der Waals surface area contributed by atoms with E-state index in [-0.39, 0.29) is 36.3 Å². The molecule has 2 N–H and O–H groups in total. The number of halogens is 1. The van der Waals surface area contributed by atoms with Crippen LogP contribution in [0.2, 0.25) is 0 Å². The van der Waals surface area contributed by atoms with E-state index < -0.39 is 0 Å². The fourth-order valence-corrected chi connectivity index (χ4v) is 3.21. The molecule has 146 valence electrons. The van der Waals surface area contributed by atoms with Gasteiger partial charge in [-0.1, -0.05) is 31.2 Å². The average molecular weight is 382 g/mol. The summed E-state index contributed by atoms with van der Waals surface area (Å²) in [6, 6.07) is 8.77. The lowest BCUT2D eigenvalue weighted by Crippen LogP contribution is -2.48. The number of carbonyl (C=O) groups excluding carboxylic acids is 2. The molecule has 0 radical (unpaired) electrons. The molecule has 2 rings (SSSR count). The Morgan fingerprint density at radius 3 is 2.54 bits per heavy atom. The molecule has 1 aliphatic rings. The van der Waals surface area contributed by atoms with E-state index in [2.05, 4.69) is 41.8 Å². The van der Waals surface area contributed by atoms with Gasteiger partial charge in [-0.2, -0.15) is 0 Å². The highest BCUT2D eigenvalue weighted by molar-refractivity contribution is 5.85. The van der Waals surface area contributed by atoms with Crippen molar-refractivity contribution in [2.45, 2.75) is 58.5 Å². The number of nitrogens with zero attached hydrogens (tertiary/aromatic N) is 1. The lowest BCUT2D eigenvalue weighted by Gasteiger charge is -2.36. The van der Waals surface area contributed by atoms with Gasteiger partial charge in [0, 0.05) is 38.5 Å². The summed E-state index contributed by atoms with van der Waals surface area (Å²) >= 11 is 0. The zero-order chi connectivity index (χ0) is 18.2. The number of benzene rings is 1. The lowest BCUT2D eigenvalue weighted by atomic mass is 10.00. The number of rotatable bonds is 7. The van der Waals surface area contributed by atoms with E-state index in [1.54, 1.807) is 0 Å². The summed E-state index contributed by atoms with van der Waals surface area (Å²) in [5.41, 5.74) is 2.48. The first-order valence-corrected chi connectivity index (χ1v) is 9.39. The summed E-state index contributed by atoms with van der Waals surface area (Å²) in [4.78, 5) is 26.4. The van der Waals surface area contributed by atoms with Gasteiger partial charge in [-0.05, 0) is 37.8 Å². The van der Waals surface area contributed by atoms with Gasteiger partial charge in [0.2, 0.25) is 11.8 Å². The Labute approximate surface area is 163 Å². The molecule has 2 amide bonds. The fraction of sp³-hybridized carbons (Fsp3) is 0.600. The van der Waals surface area contributed by atoms with Gasteiger partial charge in [0.1, 0.15) is 0 Å². The van der Waals surface area contributed by atoms with Crippen LogP contribution in [0.3, 0.4) is 0 Å². The molecule has 0 saturated carbocycles. The lowest BCUT2D eigenvalue weighted by molar-refractivity contribution is -0.134. The highest BCUT2D eigenvalue weighted by Crippen LogP contribution is 2.24. The topological polar surface area (TPSA) is 61.4 Å². The van der Waals surface area contributed by atoms with Crippen molar-refractivity contribution in [1.29, 1.82) is 0 Å². The Morgan fingerprint density at radius 1 is 1.23 bits per heavy atom. The number of nitrogens with one attached hydrogen (secondary N) is 2. The van der Waals surface area contributed by atoms with Crippen molar-refractivity contribution in [1.82, 2.24) is 15.5 Å². The third-order valence-electron chi connectivity index (χ3n) is 4.58. The molecule has 5 nitrogen and oxygen atoms in total. The number of carbonyl (C=O) groups is 2. The van der Waals surface area contributed by atoms with Crippen LogP contribution in [0.4, 0.5) is 0 Å². The maximum Gasteiger partial charge on any atom is 0.223 e. The van der Waals surface area contributed by atoms with Gasteiger partial charge < -0.3 is 15.5 Å². The average Bonchev–Trinajstić information content (AvgIpc) is 2.61. The second-order valence-electron chi connectivity index (χ2n) is 6.98. The Kier molecular flexibility index (Phi) is 9.66. The van der Waals surface area contributed by atoms with Crippen molar-refractivity contribution >= 4 is 24.2 Å². The van der Waals surface area contributed by atoms with Crippen molar-refractivity contribution in [2.75, 3.05) is 19.6 Å². The van der Waals surface area contributed by atoms with E-state index in [9.17, 15) is 9.59 Å². The Hall–Kier alpha value is -1.59. The molecule has 1 aromatic carbocycles. The Balaban J connectivity index is 0.00000338. The predicted molar refractivity (Wildman–Crippen MR) is 108 cm³/mol. The standard InChI is InChI=1S/C20H31N3O2.ClH/c1-4-16-8-10-17(11-9-16)18-14-21-12-13-23(18)20(25)7-5-6-19(24)22-15(2)3;/h8-11,15,18,21H,4-7,12-14H2,1-3H3,(H,22,24);1H. The SMILES string of the molecule is CCc1ccc(C2CNCCN2C(=O)CCCC(=O)NC(C)C)cc1.Cl. The quantitative estimate of drug-likeness (QED) is 0.763. The second kappa shape index (κ2) is 11.2. The maximum atomic E-state index is 12.7. The van der Waals surface area contributed by atoms with Crippen molar-refractivity contribution in [3.63, 3.8) is 0 Å². The Bertz CT molecular complexity index is 575. The minimum atomic E-state index is 0. The molecule has 1 atom stereocenters. The highest BCUT2D eigenvalue weighted by atomic mass is 35.5. The second-order valence-corrected chi connectivity index (χ2v) is 6.98. The van der Waals surface area contributed by atoms with Crippen molar-refractivity contribution < 1.29 is 9.59 Å². The smallest absolute Gasteiger partial charge is 0.223 e. The van der Waals surface area contributed by atoms with Crippen molar-refractivity contribution in [3.05, 3.63) is 35.4 Å². The van der Waals surface area contributed by atoms with Gasteiger partial charge in [-0.15, -0.1) is 12.4 Å². The molecule has 0 aromatic heterocycles. The molecule has 1 aromatic rings. The van der Waals surface area contributed by atoms with Crippen LogP contribution in [0.1, 0.15) is 57.2 Å². The number of piperazine rings is 1. The minimum absolute atomic E-state index is 0. The fourth-order valence-electron chi connectivity index (χ4n) is 3.21. The molecule has 1 saturated heterocycles. The number of amides is 2. The van der Waals surface area contributed by atoms with E-state index in [1.807, 2.05) is 18.7 Å². The van der Waals surface area contributed by atoms with Crippen LogP contribution in [0, 0.1) is 0 Å². The van der Waals surface area contributed by atoms with Crippen LogP contribution in [-0.2, 0) is 16.0 Å². The molecular formula is C20H32ClN3O2. The molecule has 0 aliphatic carbocycles. The van der Waals surface area contributed by atoms with Gasteiger partial charge in [0.05, 0.1) is 6.04 Å². The largest absolute Gasteiger partial charge is 0.354 e. The zero-order valence-electron chi connectivity index (χ0n) is 16.1. The van der Waals surface area contributed by atoms with E-state index in [0.717, 1.165) is 26.1 Å². The van der Waals surface area contributed by atoms with Crippen LogP contribution >= 0.6 is 12.4 Å². The molecule has 6 heteroatoms. The van der Waals surface area contributed by atoms with Crippen LogP contribution in [-0.4, -0.2) is 42.4 Å². The van der Waals surface area contributed by atoms with Crippen LogP contribution in [0.15, 0.2) is 24.3 Å².